The molecule has 0 unspecified atom stereocenters. The van der Waals surface area contributed by atoms with Gasteiger partial charge < -0.3 is 39.7 Å². The Balaban J connectivity index is 1.46. The van der Waals surface area contributed by atoms with Crippen LogP contribution in [-0.4, -0.2) is 109 Å². The van der Waals surface area contributed by atoms with Gasteiger partial charge in [-0.25, -0.2) is 4.98 Å². The first-order valence-corrected chi connectivity index (χ1v) is 14.8. The van der Waals surface area contributed by atoms with Crippen molar-refractivity contribution in [1.29, 1.82) is 0 Å². The topological polar surface area (TPSA) is 101 Å². The molecule has 1 aromatic carbocycles. The minimum absolute atomic E-state index is 0.0738. The molecule has 222 valence electrons. The maximum absolute atomic E-state index is 13.4. The Morgan fingerprint density at radius 2 is 1.88 bits per heavy atom. The van der Waals surface area contributed by atoms with E-state index in [0.29, 0.717) is 18.1 Å². The van der Waals surface area contributed by atoms with Crippen LogP contribution >= 0.6 is 0 Å². The number of aliphatic hydroxyl groups excluding tert-OH is 1. The summed E-state index contributed by atoms with van der Waals surface area (Å²) in [6.45, 7) is 10.0. The Kier molecular flexibility index (Phi) is 9.14. The van der Waals surface area contributed by atoms with Crippen LogP contribution < -0.4 is 24.8 Å². The maximum Gasteiger partial charge on any atom is 0.249 e. The number of nitrogens with zero attached hydrogens (tertiary/aromatic N) is 7. The van der Waals surface area contributed by atoms with Crippen LogP contribution in [-0.2, 0) is 4.79 Å². The van der Waals surface area contributed by atoms with Crippen LogP contribution in [0, 0.1) is 0 Å². The van der Waals surface area contributed by atoms with E-state index in [4.69, 9.17) is 9.72 Å². The van der Waals surface area contributed by atoms with Gasteiger partial charge in [-0.2, -0.15) is 4.98 Å². The first kappa shape index (κ1) is 28.9. The fourth-order valence-corrected chi connectivity index (χ4v) is 6.06. The zero-order valence-electron chi connectivity index (χ0n) is 24.8. The van der Waals surface area contributed by atoms with Crippen molar-refractivity contribution in [2.45, 2.75) is 45.2 Å². The van der Waals surface area contributed by atoms with Gasteiger partial charge in [0.1, 0.15) is 24.1 Å². The van der Waals surface area contributed by atoms with Crippen LogP contribution in [0.3, 0.4) is 0 Å². The van der Waals surface area contributed by atoms with Crippen LogP contribution in [0.4, 0.5) is 28.8 Å². The number of hydrogen-bond donors (Lipinski definition) is 2. The molecule has 5 rings (SSSR count). The standard InChI is InChI=1S/C30H44N8O3/c1-5-11-36-12-9-22(10-13-36)38-25(6-2)29(40)35(4)26-21-31-30(33-28(26)38)32-24-20-23(7-8-27(24)41-19-18-39)37-16-14-34(3)15-17-37/h5,7-8,11,20-22,25,39H,6,9-10,12-19H2,1-4H3,(H,31,32,33)/t25-/m1/s1. The lowest BCUT2D eigenvalue weighted by molar-refractivity contribution is -0.120. The number of likely N-dealkylation sites (N-methyl/N-ethyl adjacent to an activating group) is 2. The lowest BCUT2D eigenvalue weighted by Crippen LogP contribution is -2.58. The largest absolute Gasteiger partial charge is 0.489 e. The van der Waals surface area contributed by atoms with Crippen molar-refractivity contribution in [1.82, 2.24) is 19.8 Å². The first-order chi connectivity index (χ1) is 19.9. The molecule has 2 saturated heterocycles. The highest BCUT2D eigenvalue weighted by Crippen LogP contribution is 2.39. The van der Waals surface area contributed by atoms with E-state index in [1.54, 1.807) is 11.1 Å². The maximum atomic E-state index is 13.4. The quantitative estimate of drug-likeness (QED) is 0.473. The number of aromatic nitrogens is 2. The van der Waals surface area contributed by atoms with E-state index >= 15 is 0 Å². The Morgan fingerprint density at radius 3 is 2.56 bits per heavy atom. The summed E-state index contributed by atoms with van der Waals surface area (Å²) >= 11 is 0. The van der Waals surface area contributed by atoms with Crippen LogP contribution in [0.5, 0.6) is 5.75 Å². The van der Waals surface area contributed by atoms with E-state index in [0.717, 1.165) is 75.0 Å². The molecular formula is C30H44N8O3. The molecule has 1 aromatic heterocycles. The molecule has 0 aliphatic carbocycles. The number of allylic oxidation sites excluding steroid dienone is 1. The van der Waals surface area contributed by atoms with Crippen LogP contribution in [0.25, 0.3) is 0 Å². The van der Waals surface area contributed by atoms with Crippen molar-refractivity contribution in [3.63, 3.8) is 0 Å². The second-order valence-electron chi connectivity index (χ2n) is 11.0. The first-order valence-electron chi connectivity index (χ1n) is 14.8. The van der Waals surface area contributed by atoms with Crippen LogP contribution in [0.2, 0.25) is 0 Å². The monoisotopic (exact) mass is 564 g/mol. The molecular weight excluding hydrogens is 520 g/mol. The molecule has 3 aliphatic heterocycles. The van der Waals surface area contributed by atoms with Crippen molar-refractivity contribution in [2.24, 2.45) is 0 Å². The summed E-state index contributed by atoms with van der Waals surface area (Å²) < 4.78 is 5.87. The number of aliphatic hydroxyl groups is 1. The molecule has 1 atom stereocenters. The summed E-state index contributed by atoms with van der Waals surface area (Å²) in [4.78, 5) is 34.1. The van der Waals surface area contributed by atoms with Crippen LogP contribution in [0.1, 0.15) is 33.1 Å². The number of piperazine rings is 1. The number of likely N-dealkylation sites (tertiary alicyclic amines) is 1. The number of carbonyl (C=O) groups excluding carboxylic acids is 1. The van der Waals surface area contributed by atoms with Gasteiger partial charge in [0, 0.05) is 58.0 Å². The number of carbonyl (C=O) groups is 1. The van der Waals surface area contributed by atoms with Gasteiger partial charge in [0.15, 0.2) is 5.82 Å². The third-order valence-corrected chi connectivity index (χ3v) is 8.37. The highest BCUT2D eigenvalue weighted by Gasteiger charge is 2.41. The van der Waals surface area contributed by atoms with E-state index in [1.807, 2.05) is 20.0 Å². The third kappa shape index (κ3) is 6.20. The molecule has 41 heavy (non-hydrogen) atoms. The number of anilines is 5. The summed E-state index contributed by atoms with van der Waals surface area (Å²) in [7, 11) is 3.96. The summed E-state index contributed by atoms with van der Waals surface area (Å²) in [5, 5.41) is 12.8. The number of piperidine rings is 1. The Hall–Kier alpha value is -3.57. The van der Waals surface area contributed by atoms with Gasteiger partial charge in [0.2, 0.25) is 11.9 Å². The van der Waals surface area contributed by atoms with Crippen LogP contribution in [0.15, 0.2) is 36.7 Å². The van der Waals surface area contributed by atoms with Crippen molar-refractivity contribution < 1.29 is 14.6 Å². The molecule has 0 radical (unpaired) electrons. The molecule has 2 N–H and O–H groups in total. The summed E-state index contributed by atoms with van der Waals surface area (Å²) in [5.74, 6) is 1.95. The number of nitrogens with one attached hydrogen (secondary N) is 1. The second kappa shape index (κ2) is 12.9. The predicted octanol–water partition coefficient (Wildman–Crippen LogP) is 2.90. The number of fused-ring (bicyclic) bond motifs is 1. The number of amides is 1. The molecule has 11 heteroatoms. The zero-order chi connectivity index (χ0) is 28.9. The lowest BCUT2D eigenvalue weighted by atomic mass is 9.97. The van der Waals surface area contributed by atoms with Crippen molar-refractivity contribution in [3.05, 3.63) is 36.7 Å². The highest BCUT2D eigenvalue weighted by atomic mass is 16.5. The Bertz CT molecular complexity index is 1220. The van der Waals surface area contributed by atoms with E-state index in [9.17, 15) is 9.90 Å². The van der Waals surface area contributed by atoms with E-state index in [1.165, 1.54) is 0 Å². The Morgan fingerprint density at radius 1 is 1.12 bits per heavy atom. The SMILES string of the molecule is CC=CN1CCC(N2c3nc(Nc4cc(N5CCN(C)CC5)ccc4OCCO)ncc3N(C)C(=O)[C@H]2CC)CC1. The molecule has 2 aromatic rings. The highest BCUT2D eigenvalue weighted by molar-refractivity contribution is 6.04. The number of rotatable bonds is 9. The average Bonchev–Trinajstić information content (AvgIpc) is 2.99. The third-order valence-electron chi connectivity index (χ3n) is 8.37. The Labute approximate surface area is 243 Å². The molecule has 3 aliphatic rings. The fourth-order valence-electron chi connectivity index (χ4n) is 6.06. The lowest BCUT2D eigenvalue weighted by Gasteiger charge is -2.46. The van der Waals surface area contributed by atoms with Gasteiger partial charge in [0.25, 0.3) is 0 Å². The van der Waals surface area contributed by atoms with Gasteiger partial charge in [0.05, 0.1) is 18.5 Å². The average molecular weight is 565 g/mol. The van der Waals surface area contributed by atoms with E-state index in [2.05, 4.69) is 68.3 Å². The van der Waals surface area contributed by atoms with E-state index in [-0.39, 0.29) is 31.2 Å². The normalized spacial score (nSPS) is 20.6. The van der Waals surface area contributed by atoms with Gasteiger partial charge >= 0.3 is 0 Å². The minimum Gasteiger partial charge on any atom is -0.489 e. The molecule has 2 fully saturated rings. The predicted molar refractivity (Wildman–Crippen MR) is 163 cm³/mol. The van der Waals surface area contributed by atoms with Gasteiger partial charge in [-0.05, 0) is 57.6 Å². The molecule has 0 spiro atoms. The summed E-state index contributed by atoms with van der Waals surface area (Å²) in [6.07, 6.45) is 8.58. The molecule has 4 heterocycles. The van der Waals surface area contributed by atoms with Crippen molar-refractivity contribution in [2.75, 3.05) is 86.6 Å². The summed E-state index contributed by atoms with van der Waals surface area (Å²) in [5.41, 5.74) is 2.57. The molecule has 1 amide bonds. The number of hydrogen-bond acceptors (Lipinski definition) is 10. The molecule has 11 nitrogen and oxygen atoms in total. The van der Waals surface area contributed by atoms with Crippen molar-refractivity contribution in [3.8, 4) is 5.75 Å². The fraction of sp³-hybridized carbons (Fsp3) is 0.567. The van der Waals surface area contributed by atoms with Gasteiger partial charge in [-0.3, -0.25) is 4.79 Å². The smallest absolute Gasteiger partial charge is 0.249 e. The zero-order valence-corrected chi connectivity index (χ0v) is 24.8. The second-order valence-corrected chi connectivity index (χ2v) is 11.0. The molecule has 0 saturated carbocycles. The number of benzene rings is 1. The molecule has 0 bridgehead atoms. The summed E-state index contributed by atoms with van der Waals surface area (Å²) in [6, 6.07) is 6.02. The van der Waals surface area contributed by atoms with E-state index < -0.39 is 0 Å². The minimum atomic E-state index is -0.266. The van der Waals surface area contributed by atoms with Crippen molar-refractivity contribution >= 4 is 34.7 Å². The van der Waals surface area contributed by atoms with Gasteiger partial charge in [-0.1, -0.05) is 13.0 Å². The van der Waals surface area contributed by atoms with Gasteiger partial charge in [-0.15, -0.1) is 0 Å². The number of ether oxygens (including phenoxy) is 1.